The fraction of sp³-hybridized carbons (Fsp3) is 0.0769. The molecule has 0 heterocycles. The zero-order chi connectivity index (χ0) is 13.1. The largest absolute Gasteiger partial charge is 0.378 e. The minimum atomic E-state index is -0.575. The molecule has 0 atom stereocenters. The van der Waals surface area contributed by atoms with E-state index in [9.17, 15) is 13.2 Å². The molecule has 1 N–H and O–H groups in total. The molecule has 1 nitrogen and oxygen atoms in total. The summed E-state index contributed by atoms with van der Waals surface area (Å²) in [5, 5.41) is 2.66. The molecule has 2 aromatic rings. The van der Waals surface area contributed by atoms with Crippen LogP contribution in [0.2, 0.25) is 0 Å². The van der Waals surface area contributed by atoms with Gasteiger partial charge in [0.05, 0.1) is 5.69 Å². The van der Waals surface area contributed by atoms with Gasteiger partial charge in [-0.1, -0.05) is 22.0 Å². The summed E-state index contributed by atoms with van der Waals surface area (Å²) in [4.78, 5) is 0. The Bertz CT molecular complexity index is 572. The van der Waals surface area contributed by atoms with Crippen LogP contribution >= 0.6 is 15.9 Å². The van der Waals surface area contributed by atoms with E-state index in [1.807, 2.05) is 0 Å². The van der Waals surface area contributed by atoms with Gasteiger partial charge in [0, 0.05) is 16.6 Å². The van der Waals surface area contributed by atoms with Crippen molar-refractivity contribution in [3.05, 3.63) is 63.9 Å². The van der Waals surface area contributed by atoms with Crippen molar-refractivity contribution in [2.45, 2.75) is 6.54 Å². The van der Waals surface area contributed by atoms with Crippen LogP contribution in [0.5, 0.6) is 0 Å². The van der Waals surface area contributed by atoms with Gasteiger partial charge in [-0.05, 0) is 30.3 Å². The van der Waals surface area contributed by atoms with Gasteiger partial charge in [-0.3, -0.25) is 0 Å². The van der Waals surface area contributed by atoms with Crippen LogP contribution in [0.15, 0.2) is 40.9 Å². The standard InChI is InChI=1S/C13H9BrF3N/c14-9-2-1-8(12(17)5-9)7-18-13-6-10(15)3-4-11(13)16/h1-6,18H,7H2. The van der Waals surface area contributed by atoms with Crippen LogP contribution in [0, 0.1) is 17.5 Å². The molecule has 5 heteroatoms. The van der Waals surface area contributed by atoms with Crippen LogP contribution in [0.4, 0.5) is 18.9 Å². The van der Waals surface area contributed by atoms with Gasteiger partial charge < -0.3 is 5.32 Å². The van der Waals surface area contributed by atoms with Crippen molar-refractivity contribution >= 4 is 21.6 Å². The Labute approximate surface area is 111 Å². The Morgan fingerprint density at radius 2 is 1.72 bits per heavy atom. The van der Waals surface area contributed by atoms with Crippen molar-refractivity contribution < 1.29 is 13.2 Å². The molecule has 18 heavy (non-hydrogen) atoms. The number of hydrogen-bond acceptors (Lipinski definition) is 1. The zero-order valence-corrected chi connectivity index (χ0v) is 10.8. The van der Waals surface area contributed by atoms with E-state index in [4.69, 9.17) is 0 Å². The van der Waals surface area contributed by atoms with E-state index in [0.29, 0.717) is 10.0 Å². The maximum Gasteiger partial charge on any atom is 0.146 e. The zero-order valence-electron chi connectivity index (χ0n) is 9.18. The smallest absolute Gasteiger partial charge is 0.146 e. The number of nitrogens with one attached hydrogen (secondary N) is 1. The number of rotatable bonds is 3. The lowest BCUT2D eigenvalue weighted by molar-refractivity contribution is 0.599. The Morgan fingerprint density at radius 1 is 0.944 bits per heavy atom. The van der Waals surface area contributed by atoms with E-state index >= 15 is 0 Å². The average Bonchev–Trinajstić information content (AvgIpc) is 2.32. The summed E-state index contributed by atoms with van der Waals surface area (Å²) >= 11 is 3.14. The fourth-order valence-corrected chi connectivity index (χ4v) is 1.82. The topological polar surface area (TPSA) is 12.0 Å². The third-order valence-corrected chi connectivity index (χ3v) is 2.91. The minimum absolute atomic E-state index is 0.0114. The number of halogens is 4. The van der Waals surface area contributed by atoms with Crippen LogP contribution in [0.25, 0.3) is 0 Å². The van der Waals surface area contributed by atoms with Crippen LogP contribution in [-0.4, -0.2) is 0 Å². The van der Waals surface area contributed by atoms with E-state index in [0.717, 1.165) is 18.2 Å². The molecule has 0 unspecified atom stereocenters. The molecule has 94 valence electrons. The molecule has 0 saturated carbocycles. The van der Waals surface area contributed by atoms with Gasteiger partial charge >= 0.3 is 0 Å². The number of hydrogen-bond donors (Lipinski definition) is 1. The second-order valence-electron chi connectivity index (χ2n) is 3.71. The van der Waals surface area contributed by atoms with Gasteiger partial charge in [0.15, 0.2) is 0 Å². The van der Waals surface area contributed by atoms with Crippen LogP contribution < -0.4 is 5.32 Å². The highest BCUT2D eigenvalue weighted by Gasteiger charge is 2.06. The van der Waals surface area contributed by atoms with Gasteiger partial charge in [0.25, 0.3) is 0 Å². The second kappa shape index (κ2) is 5.44. The Morgan fingerprint density at radius 3 is 2.44 bits per heavy atom. The highest BCUT2D eigenvalue weighted by atomic mass is 79.9. The maximum absolute atomic E-state index is 13.5. The summed E-state index contributed by atoms with van der Waals surface area (Å²) in [7, 11) is 0. The Hall–Kier alpha value is -1.49. The lowest BCUT2D eigenvalue weighted by Gasteiger charge is -2.08. The molecule has 0 aliphatic carbocycles. The molecule has 0 fully saturated rings. The summed E-state index contributed by atoms with van der Waals surface area (Å²) in [6, 6.07) is 7.66. The summed E-state index contributed by atoms with van der Waals surface area (Å²) < 4.78 is 40.3. The van der Waals surface area contributed by atoms with E-state index < -0.39 is 17.5 Å². The van der Waals surface area contributed by atoms with Crippen molar-refractivity contribution in [3.63, 3.8) is 0 Å². The SMILES string of the molecule is Fc1ccc(F)c(NCc2ccc(Br)cc2F)c1. The molecule has 2 aromatic carbocycles. The molecular weight excluding hydrogens is 307 g/mol. The Balaban J connectivity index is 2.13. The normalized spacial score (nSPS) is 10.4. The van der Waals surface area contributed by atoms with E-state index in [-0.39, 0.29) is 12.2 Å². The lowest BCUT2D eigenvalue weighted by atomic mass is 10.2. The monoisotopic (exact) mass is 315 g/mol. The summed E-state index contributed by atoms with van der Waals surface area (Å²) in [6.45, 7) is 0.0828. The van der Waals surface area contributed by atoms with E-state index in [2.05, 4.69) is 21.2 Å². The number of anilines is 1. The highest BCUT2D eigenvalue weighted by molar-refractivity contribution is 9.10. The molecule has 0 aromatic heterocycles. The fourth-order valence-electron chi connectivity index (χ4n) is 1.49. The van der Waals surface area contributed by atoms with Gasteiger partial charge in [-0.2, -0.15) is 0 Å². The van der Waals surface area contributed by atoms with Crippen molar-refractivity contribution in [2.24, 2.45) is 0 Å². The lowest BCUT2D eigenvalue weighted by Crippen LogP contribution is -2.03. The van der Waals surface area contributed by atoms with Crippen LogP contribution in [0.1, 0.15) is 5.56 Å². The molecule has 0 aliphatic rings. The highest BCUT2D eigenvalue weighted by Crippen LogP contribution is 2.19. The van der Waals surface area contributed by atoms with Crippen LogP contribution in [0.3, 0.4) is 0 Å². The molecule has 2 rings (SSSR count). The van der Waals surface area contributed by atoms with Gasteiger partial charge in [0.2, 0.25) is 0 Å². The van der Waals surface area contributed by atoms with Gasteiger partial charge in [-0.15, -0.1) is 0 Å². The van der Waals surface area contributed by atoms with Gasteiger partial charge in [0.1, 0.15) is 17.5 Å². The predicted molar refractivity (Wildman–Crippen MR) is 67.8 cm³/mol. The third-order valence-electron chi connectivity index (χ3n) is 2.41. The quantitative estimate of drug-likeness (QED) is 0.880. The van der Waals surface area contributed by atoms with Crippen molar-refractivity contribution in [2.75, 3.05) is 5.32 Å². The first-order chi connectivity index (χ1) is 8.56. The first-order valence-corrected chi connectivity index (χ1v) is 5.98. The molecule has 0 saturated heterocycles. The van der Waals surface area contributed by atoms with E-state index in [1.54, 1.807) is 12.1 Å². The van der Waals surface area contributed by atoms with Gasteiger partial charge in [-0.25, -0.2) is 13.2 Å². The average molecular weight is 316 g/mol. The molecular formula is C13H9BrF3N. The Kier molecular flexibility index (Phi) is 3.91. The minimum Gasteiger partial charge on any atom is -0.378 e. The molecule has 0 spiro atoms. The number of benzene rings is 2. The van der Waals surface area contributed by atoms with Crippen LogP contribution in [-0.2, 0) is 6.54 Å². The van der Waals surface area contributed by atoms with E-state index in [1.165, 1.54) is 6.07 Å². The predicted octanol–water partition coefficient (Wildman–Crippen LogP) is 4.48. The first kappa shape index (κ1) is 13.0. The molecule has 0 amide bonds. The maximum atomic E-state index is 13.5. The summed E-state index contributed by atoms with van der Waals surface area (Å²) in [5.74, 6) is -1.53. The first-order valence-electron chi connectivity index (χ1n) is 5.19. The molecule has 0 bridgehead atoms. The third kappa shape index (κ3) is 3.04. The van der Waals surface area contributed by atoms with Crippen molar-refractivity contribution in [1.29, 1.82) is 0 Å². The molecule has 0 aliphatic heterocycles. The second-order valence-corrected chi connectivity index (χ2v) is 4.63. The summed E-state index contributed by atoms with van der Waals surface area (Å²) in [5.41, 5.74) is 0.388. The summed E-state index contributed by atoms with van der Waals surface area (Å²) in [6.07, 6.45) is 0. The van der Waals surface area contributed by atoms with Crippen molar-refractivity contribution in [1.82, 2.24) is 0 Å². The van der Waals surface area contributed by atoms with Crippen molar-refractivity contribution in [3.8, 4) is 0 Å². The molecule has 0 radical (unpaired) electrons.